The molecule has 0 saturated carbocycles. The Kier molecular flexibility index (Phi) is 3.73. The SMILES string of the molecule is COCc1nsc(N2CCC3(CCOCC3)C2C)n1. The van der Waals surface area contributed by atoms with Crippen LogP contribution in [0.25, 0.3) is 0 Å². The first-order chi connectivity index (χ1) is 9.25. The van der Waals surface area contributed by atoms with E-state index < -0.39 is 0 Å². The minimum absolute atomic E-state index is 0.422. The van der Waals surface area contributed by atoms with Crippen LogP contribution in [0, 0.1) is 5.41 Å². The van der Waals surface area contributed by atoms with E-state index >= 15 is 0 Å². The van der Waals surface area contributed by atoms with Crippen LogP contribution in [0.4, 0.5) is 5.13 Å². The second kappa shape index (κ2) is 5.34. The van der Waals surface area contributed by atoms with Gasteiger partial charge in [0.2, 0.25) is 5.13 Å². The lowest BCUT2D eigenvalue weighted by Crippen LogP contribution is -2.41. The first kappa shape index (κ1) is 13.3. The molecule has 0 amide bonds. The summed E-state index contributed by atoms with van der Waals surface area (Å²) in [4.78, 5) is 7.01. The minimum Gasteiger partial charge on any atom is -0.381 e. The van der Waals surface area contributed by atoms with Crippen LogP contribution in [-0.4, -0.2) is 42.3 Å². The summed E-state index contributed by atoms with van der Waals surface area (Å²) >= 11 is 1.49. The third-order valence-electron chi connectivity index (χ3n) is 4.67. The number of hydrogen-bond acceptors (Lipinski definition) is 6. The Hall–Kier alpha value is -0.720. The summed E-state index contributed by atoms with van der Waals surface area (Å²) in [7, 11) is 1.68. The number of hydrogen-bond donors (Lipinski definition) is 0. The zero-order valence-corrected chi connectivity index (χ0v) is 12.4. The highest BCUT2D eigenvalue weighted by molar-refractivity contribution is 7.09. The Morgan fingerprint density at radius 1 is 1.42 bits per heavy atom. The van der Waals surface area contributed by atoms with Gasteiger partial charge in [-0.1, -0.05) is 0 Å². The van der Waals surface area contributed by atoms with Crippen molar-refractivity contribution in [3.05, 3.63) is 5.82 Å². The summed E-state index contributed by atoms with van der Waals surface area (Å²) in [5.41, 5.74) is 0.422. The molecule has 0 radical (unpaired) electrons. The summed E-state index contributed by atoms with van der Waals surface area (Å²) in [5, 5.41) is 1.04. The Labute approximate surface area is 118 Å². The van der Waals surface area contributed by atoms with E-state index in [0.717, 1.165) is 30.7 Å². The highest BCUT2D eigenvalue weighted by atomic mass is 32.1. The van der Waals surface area contributed by atoms with Crippen molar-refractivity contribution in [2.75, 3.05) is 31.8 Å². The maximum Gasteiger partial charge on any atom is 0.205 e. The van der Waals surface area contributed by atoms with Crippen LogP contribution in [0.3, 0.4) is 0 Å². The van der Waals surface area contributed by atoms with Gasteiger partial charge in [-0.2, -0.15) is 4.37 Å². The Morgan fingerprint density at radius 3 is 2.95 bits per heavy atom. The van der Waals surface area contributed by atoms with Crippen molar-refractivity contribution in [2.24, 2.45) is 5.41 Å². The number of aromatic nitrogens is 2. The van der Waals surface area contributed by atoms with Gasteiger partial charge in [0.25, 0.3) is 0 Å². The molecule has 1 aromatic rings. The molecular weight excluding hydrogens is 262 g/mol. The van der Waals surface area contributed by atoms with Crippen LogP contribution < -0.4 is 4.90 Å². The number of nitrogens with zero attached hydrogens (tertiary/aromatic N) is 3. The van der Waals surface area contributed by atoms with Crippen molar-refractivity contribution in [2.45, 2.75) is 38.8 Å². The van der Waals surface area contributed by atoms with E-state index in [-0.39, 0.29) is 0 Å². The normalized spacial score (nSPS) is 26.2. The predicted octanol–water partition coefficient (Wildman–Crippen LogP) is 2.08. The molecule has 1 unspecified atom stereocenters. The summed E-state index contributed by atoms with van der Waals surface area (Å²) in [6.07, 6.45) is 3.60. The molecule has 3 rings (SSSR count). The van der Waals surface area contributed by atoms with Gasteiger partial charge in [0.15, 0.2) is 5.82 Å². The molecule has 2 aliphatic heterocycles. The van der Waals surface area contributed by atoms with Crippen LogP contribution in [0.1, 0.15) is 32.0 Å². The van der Waals surface area contributed by atoms with E-state index in [1.807, 2.05) is 0 Å². The van der Waals surface area contributed by atoms with Gasteiger partial charge in [0.05, 0.1) is 0 Å². The standard InChI is InChI=1S/C13H21N3O2S/c1-10-13(4-7-18-8-5-13)3-6-16(10)12-14-11(9-17-2)15-19-12/h10H,3-9H2,1-2H3. The van der Waals surface area contributed by atoms with E-state index in [1.54, 1.807) is 7.11 Å². The summed E-state index contributed by atoms with van der Waals surface area (Å²) in [5.74, 6) is 0.794. The quantitative estimate of drug-likeness (QED) is 0.850. The maximum atomic E-state index is 5.52. The Balaban J connectivity index is 1.75. The summed E-state index contributed by atoms with van der Waals surface area (Å²) in [6.45, 7) is 5.72. The molecule has 6 heteroatoms. The zero-order valence-electron chi connectivity index (χ0n) is 11.6. The monoisotopic (exact) mass is 283 g/mol. The highest BCUT2D eigenvalue weighted by Crippen LogP contribution is 2.46. The van der Waals surface area contributed by atoms with Crippen LogP contribution in [-0.2, 0) is 16.1 Å². The highest BCUT2D eigenvalue weighted by Gasteiger charge is 2.46. The van der Waals surface area contributed by atoms with E-state index in [1.165, 1.54) is 30.8 Å². The molecule has 19 heavy (non-hydrogen) atoms. The molecule has 5 nitrogen and oxygen atoms in total. The van der Waals surface area contributed by atoms with Gasteiger partial charge in [-0.25, -0.2) is 4.98 Å². The van der Waals surface area contributed by atoms with Crippen LogP contribution in [0.15, 0.2) is 0 Å². The van der Waals surface area contributed by atoms with Crippen LogP contribution in [0.5, 0.6) is 0 Å². The molecule has 0 aromatic carbocycles. The van der Waals surface area contributed by atoms with Crippen LogP contribution >= 0.6 is 11.5 Å². The molecule has 1 spiro atoms. The smallest absolute Gasteiger partial charge is 0.205 e. The number of methoxy groups -OCH3 is 1. The Bertz CT molecular complexity index is 431. The van der Waals surface area contributed by atoms with Crippen molar-refractivity contribution in [3.63, 3.8) is 0 Å². The average molecular weight is 283 g/mol. The largest absolute Gasteiger partial charge is 0.381 e. The van der Waals surface area contributed by atoms with Crippen molar-refractivity contribution in [1.29, 1.82) is 0 Å². The summed E-state index contributed by atoms with van der Waals surface area (Å²) < 4.78 is 15.0. The minimum atomic E-state index is 0.422. The third-order valence-corrected chi connectivity index (χ3v) is 5.46. The van der Waals surface area contributed by atoms with Gasteiger partial charge in [0.1, 0.15) is 6.61 Å². The Morgan fingerprint density at radius 2 is 2.21 bits per heavy atom. The van der Waals surface area contributed by atoms with Gasteiger partial charge in [-0.05, 0) is 31.6 Å². The zero-order chi connectivity index (χ0) is 13.3. The molecule has 1 atom stereocenters. The fourth-order valence-corrected chi connectivity index (χ4v) is 4.11. The molecule has 0 aliphatic carbocycles. The van der Waals surface area contributed by atoms with Crippen molar-refractivity contribution < 1.29 is 9.47 Å². The lowest BCUT2D eigenvalue weighted by atomic mass is 9.74. The average Bonchev–Trinajstić information content (AvgIpc) is 2.99. The molecule has 1 aromatic heterocycles. The first-order valence-electron chi connectivity index (χ1n) is 6.91. The molecule has 2 saturated heterocycles. The first-order valence-corrected chi connectivity index (χ1v) is 7.68. The molecule has 0 N–H and O–H groups in total. The molecule has 2 fully saturated rings. The summed E-state index contributed by atoms with van der Waals surface area (Å²) in [6, 6.07) is 0.528. The number of anilines is 1. The van der Waals surface area contributed by atoms with Crippen molar-refractivity contribution in [3.8, 4) is 0 Å². The third kappa shape index (κ3) is 2.37. The number of ether oxygens (including phenoxy) is 2. The van der Waals surface area contributed by atoms with Gasteiger partial charge in [0, 0.05) is 44.4 Å². The lowest BCUT2D eigenvalue weighted by Gasteiger charge is -2.38. The van der Waals surface area contributed by atoms with E-state index in [0.29, 0.717) is 18.1 Å². The number of rotatable bonds is 3. The van der Waals surface area contributed by atoms with Gasteiger partial charge in [-0.15, -0.1) is 0 Å². The molecular formula is C13H21N3O2S. The lowest BCUT2D eigenvalue weighted by molar-refractivity contribution is 0.0128. The predicted molar refractivity (Wildman–Crippen MR) is 74.5 cm³/mol. The maximum absolute atomic E-state index is 5.52. The van der Waals surface area contributed by atoms with Crippen LogP contribution in [0.2, 0.25) is 0 Å². The molecule has 2 aliphatic rings. The van der Waals surface area contributed by atoms with Gasteiger partial charge < -0.3 is 14.4 Å². The molecule has 0 bridgehead atoms. The second-order valence-electron chi connectivity index (χ2n) is 5.52. The van der Waals surface area contributed by atoms with E-state index in [9.17, 15) is 0 Å². The van der Waals surface area contributed by atoms with Gasteiger partial charge >= 0.3 is 0 Å². The molecule has 3 heterocycles. The van der Waals surface area contributed by atoms with E-state index in [4.69, 9.17) is 9.47 Å². The fraction of sp³-hybridized carbons (Fsp3) is 0.846. The molecule has 106 valence electrons. The van der Waals surface area contributed by atoms with Crippen molar-refractivity contribution in [1.82, 2.24) is 9.36 Å². The topological polar surface area (TPSA) is 47.5 Å². The fourth-order valence-electron chi connectivity index (χ4n) is 3.33. The van der Waals surface area contributed by atoms with Gasteiger partial charge in [-0.3, -0.25) is 0 Å². The van der Waals surface area contributed by atoms with Crippen molar-refractivity contribution >= 4 is 16.7 Å². The van der Waals surface area contributed by atoms with E-state index in [2.05, 4.69) is 21.2 Å². The second-order valence-corrected chi connectivity index (χ2v) is 6.25.